The summed E-state index contributed by atoms with van der Waals surface area (Å²) < 4.78 is 23.6. The SMILES string of the molecule is COc1cc(C(=O)N/N=C/c2cc(I)c(OCc3ccccc3Cl)c(OC)c2)ccc1OCc1ccccc1. The van der Waals surface area contributed by atoms with Gasteiger partial charge in [0, 0.05) is 16.1 Å². The number of nitrogens with zero attached hydrogens (tertiary/aromatic N) is 1. The third kappa shape index (κ3) is 7.64. The minimum Gasteiger partial charge on any atom is -0.493 e. The highest BCUT2D eigenvalue weighted by Crippen LogP contribution is 2.34. The Labute approximate surface area is 245 Å². The number of carbonyl (C=O) groups excluding carboxylic acids is 1. The predicted octanol–water partition coefficient (Wildman–Crippen LogP) is 6.88. The summed E-state index contributed by atoms with van der Waals surface area (Å²) in [4.78, 5) is 12.7. The largest absolute Gasteiger partial charge is 0.493 e. The molecule has 1 N–H and O–H groups in total. The number of ether oxygens (including phenoxy) is 4. The number of halogens is 2. The molecule has 0 bridgehead atoms. The van der Waals surface area contributed by atoms with E-state index in [1.54, 1.807) is 31.4 Å². The maximum absolute atomic E-state index is 12.7. The van der Waals surface area contributed by atoms with Crippen molar-refractivity contribution < 1.29 is 23.7 Å². The second-order valence-corrected chi connectivity index (χ2v) is 9.82. The second-order valence-electron chi connectivity index (χ2n) is 8.25. The number of hydrogen-bond acceptors (Lipinski definition) is 6. The maximum Gasteiger partial charge on any atom is 0.271 e. The molecule has 0 aromatic heterocycles. The Hall–Kier alpha value is -3.76. The molecular formula is C30H26ClIN2O5. The van der Waals surface area contributed by atoms with Gasteiger partial charge >= 0.3 is 0 Å². The van der Waals surface area contributed by atoms with Gasteiger partial charge in [0.1, 0.15) is 13.2 Å². The van der Waals surface area contributed by atoms with Gasteiger partial charge in [0.25, 0.3) is 5.91 Å². The van der Waals surface area contributed by atoms with Crippen LogP contribution in [0.25, 0.3) is 0 Å². The molecule has 0 radical (unpaired) electrons. The second kappa shape index (κ2) is 13.9. The number of methoxy groups -OCH3 is 2. The van der Waals surface area contributed by atoms with Gasteiger partial charge in [0.2, 0.25) is 0 Å². The first-order valence-corrected chi connectivity index (χ1v) is 13.4. The average molecular weight is 657 g/mol. The number of hydrazone groups is 1. The minimum atomic E-state index is -0.388. The van der Waals surface area contributed by atoms with Crippen LogP contribution in [0.15, 0.2) is 90.0 Å². The molecule has 0 fully saturated rings. The molecule has 0 heterocycles. The summed E-state index contributed by atoms with van der Waals surface area (Å²) in [5.74, 6) is 1.74. The van der Waals surface area contributed by atoms with Crippen molar-refractivity contribution in [2.45, 2.75) is 13.2 Å². The van der Waals surface area contributed by atoms with E-state index in [4.69, 9.17) is 30.5 Å². The zero-order valence-electron chi connectivity index (χ0n) is 21.3. The van der Waals surface area contributed by atoms with Crippen LogP contribution in [0.3, 0.4) is 0 Å². The Morgan fingerprint density at radius 3 is 2.36 bits per heavy atom. The van der Waals surface area contributed by atoms with Gasteiger partial charge < -0.3 is 18.9 Å². The van der Waals surface area contributed by atoms with Gasteiger partial charge in [-0.25, -0.2) is 5.43 Å². The molecule has 0 aliphatic carbocycles. The molecule has 7 nitrogen and oxygen atoms in total. The summed E-state index contributed by atoms with van der Waals surface area (Å²) in [5, 5.41) is 4.75. The minimum absolute atomic E-state index is 0.301. The van der Waals surface area contributed by atoms with Gasteiger partial charge in [0.15, 0.2) is 23.0 Å². The Kier molecular flexibility index (Phi) is 10.0. The van der Waals surface area contributed by atoms with E-state index >= 15 is 0 Å². The highest BCUT2D eigenvalue weighted by atomic mass is 127. The van der Waals surface area contributed by atoms with E-state index < -0.39 is 0 Å². The molecule has 0 saturated carbocycles. The first-order chi connectivity index (χ1) is 19.0. The van der Waals surface area contributed by atoms with Crippen LogP contribution in [0.1, 0.15) is 27.0 Å². The van der Waals surface area contributed by atoms with Crippen molar-refractivity contribution in [3.05, 3.63) is 116 Å². The Bertz CT molecular complexity index is 1460. The molecule has 0 spiro atoms. The molecule has 4 aromatic rings. The topological polar surface area (TPSA) is 78.4 Å². The van der Waals surface area contributed by atoms with Crippen LogP contribution in [0, 0.1) is 3.57 Å². The van der Waals surface area contributed by atoms with Gasteiger partial charge in [-0.1, -0.05) is 60.1 Å². The van der Waals surface area contributed by atoms with Crippen LogP contribution in [-0.2, 0) is 13.2 Å². The smallest absolute Gasteiger partial charge is 0.271 e. The van der Waals surface area contributed by atoms with Crippen LogP contribution in [0.2, 0.25) is 5.02 Å². The Balaban J connectivity index is 1.39. The Morgan fingerprint density at radius 1 is 0.872 bits per heavy atom. The number of amides is 1. The molecule has 0 aliphatic rings. The number of rotatable bonds is 11. The average Bonchev–Trinajstić information content (AvgIpc) is 2.96. The lowest BCUT2D eigenvalue weighted by molar-refractivity contribution is 0.0954. The van der Waals surface area contributed by atoms with Crippen molar-refractivity contribution in [1.29, 1.82) is 0 Å². The van der Waals surface area contributed by atoms with Gasteiger partial charge in [-0.3, -0.25) is 4.79 Å². The molecule has 4 aromatic carbocycles. The van der Waals surface area contributed by atoms with Crippen molar-refractivity contribution in [2.24, 2.45) is 5.10 Å². The summed E-state index contributed by atoms with van der Waals surface area (Å²) >= 11 is 8.41. The highest BCUT2D eigenvalue weighted by molar-refractivity contribution is 14.1. The van der Waals surface area contributed by atoms with E-state index in [0.717, 1.165) is 20.3 Å². The van der Waals surface area contributed by atoms with Gasteiger partial charge in [-0.2, -0.15) is 5.10 Å². The standard InChI is InChI=1S/C30H26ClIN2O5/c1-36-27-16-22(12-13-26(27)38-18-20-8-4-3-5-9-20)30(35)34-33-17-21-14-25(32)29(28(15-21)37-2)39-19-23-10-6-7-11-24(23)31/h3-17H,18-19H2,1-2H3,(H,34,35)/b33-17+. The fourth-order valence-electron chi connectivity index (χ4n) is 3.61. The zero-order chi connectivity index (χ0) is 27.6. The number of carbonyl (C=O) groups is 1. The van der Waals surface area contributed by atoms with Crippen molar-refractivity contribution in [1.82, 2.24) is 5.43 Å². The molecule has 0 unspecified atom stereocenters. The van der Waals surface area contributed by atoms with Crippen LogP contribution in [0.5, 0.6) is 23.0 Å². The summed E-state index contributed by atoms with van der Waals surface area (Å²) in [6.45, 7) is 0.689. The quantitative estimate of drug-likeness (QED) is 0.108. The molecule has 0 aliphatic heterocycles. The van der Waals surface area contributed by atoms with Crippen molar-refractivity contribution in [3.63, 3.8) is 0 Å². The summed E-state index contributed by atoms with van der Waals surface area (Å²) in [5.41, 5.74) is 5.56. The van der Waals surface area contributed by atoms with E-state index in [9.17, 15) is 4.79 Å². The normalized spacial score (nSPS) is 10.8. The monoisotopic (exact) mass is 656 g/mol. The summed E-state index contributed by atoms with van der Waals surface area (Å²) in [7, 11) is 3.10. The number of nitrogens with one attached hydrogen (secondary N) is 1. The molecule has 0 atom stereocenters. The molecule has 1 amide bonds. The fourth-order valence-corrected chi connectivity index (χ4v) is 4.58. The van der Waals surface area contributed by atoms with E-state index in [0.29, 0.717) is 46.8 Å². The fraction of sp³-hybridized carbons (Fsp3) is 0.133. The molecule has 200 valence electrons. The zero-order valence-corrected chi connectivity index (χ0v) is 24.2. The van der Waals surface area contributed by atoms with Gasteiger partial charge in [-0.15, -0.1) is 0 Å². The predicted molar refractivity (Wildman–Crippen MR) is 160 cm³/mol. The molecular weight excluding hydrogens is 631 g/mol. The van der Waals surface area contributed by atoms with Crippen molar-refractivity contribution >= 4 is 46.3 Å². The van der Waals surface area contributed by atoms with Crippen LogP contribution >= 0.6 is 34.2 Å². The first-order valence-electron chi connectivity index (χ1n) is 11.9. The van der Waals surface area contributed by atoms with Crippen LogP contribution < -0.4 is 24.4 Å². The molecule has 39 heavy (non-hydrogen) atoms. The van der Waals surface area contributed by atoms with Crippen molar-refractivity contribution in [3.8, 4) is 23.0 Å². The lowest BCUT2D eigenvalue weighted by Crippen LogP contribution is -2.17. The Morgan fingerprint density at radius 2 is 1.62 bits per heavy atom. The van der Waals surface area contributed by atoms with E-state index in [2.05, 4.69) is 33.1 Å². The van der Waals surface area contributed by atoms with E-state index in [-0.39, 0.29) is 5.91 Å². The van der Waals surface area contributed by atoms with E-state index in [1.807, 2.05) is 60.7 Å². The summed E-state index contributed by atoms with van der Waals surface area (Å²) in [6, 6.07) is 25.9. The molecule has 4 rings (SSSR count). The molecule has 0 saturated heterocycles. The van der Waals surface area contributed by atoms with E-state index in [1.165, 1.54) is 13.3 Å². The third-order valence-electron chi connectivity index (χ3n) is 5.62. The number of hydrogen-bond donors (Lipinski definition) is 1. The summed E-state index contributed by atoms with van der Waals surface area (Å²) in [6.07, 6.45) is 1.54. The van der Waals surface area contributed by atoms with Crippen molar-refractivity contribution in [2.75, 3.05) is 14.2 Å². The van der Waals surface area contributed by atoms with Crippen LogP contribution in [-0.4, -0.2) is 26.3 Å². The van der Waals surface area contributed by atoms with Crippen LogP contribution in [0.4, 0.5) is 0 Å². The number of benzene rings is 4. The third-order valence-corrected chi connectivity index (χ3v) is 6.79. The lowest BCUT2D eigenvalue weighted by Gasteiger charge is -2.14. The van der Waals surface area contributed by atoms with Gasteiger partial charge in [-0.05, 0) is 70.1 Å². The maximum atomic E-state index is 12.7. The highest BCUT2D eigenvalue weighted by Gasteiger charge is 2.14. The lowest BCUT2D eigenvalue weighted by atomic mass is 10.2. The van der Waals surface area contributed by atoms with Gasteiger partial charge in [0.05, 0.1) is 24.0 Å². The molecule has 9 heteroatoms. The first kappa shape index (κ1) is 28.3.